The fourth-order valence-corrected chi connectivity index (χ4v) is 3.89. The Morgan fingerprint density at radius 2 is 2.00 bits per heavy atom. The Hall–Kier alpha value is -2.03. The number of ether oxygens (including phenoxy) is 1. The zero-order valence-electron chi connectivity index (χ0n) is 14.3. The fourth-order valence-electron chi connectivity index (χ4n) is 3.89. The maximum Gasteiger partial charge on any atom is 0.107 e. The first-order valence-electron chi connectivity index (χ1n) is 8.59. The predicted molar refractivity (Wildman–Crippen MR) is 93.7 cm³/mol. The highest BCUT2D eigenvalue weighted by atomic mass is 16.5. The number of rotatable bonds is 5. The molecular formula is C19H24N4O. The zero-order chi connectivity index (χ0) is 16.9. The van der Waals surface area contributed by atoms with Crippen LogP contribution in [0, 0.1) is 17.2 Å². The maximum absolute atomic E-state index is 9.30. The summed E-state index contributed by atoms with van der Waals surface area (Å²) in [6.07, 6.45) is 6.81. The molecule has 5 nitrogen and oxygen atoms in total. The minimum atomic E-state index is 0.445. The minimum Gasteiger partial charge on any atom is -0.383 e. The molecule has 1 N–H and O–H groups in total. The summed E-state index contributed by atoms with van der Waals surface area (Å²) in [6, 6.07) is 6.68. The van der Waals surface area contributed by atoms with Crippen molar-refractivity contribution in [2.75, 3.05) is 20.3 Å². The quantitative estimate of drug-likeness (QED) is 0.856. The number of fused-ring (bicyclic) bond motifs is 1. The van der Waals surface area contributed by atoms with E-state index in [-0.39, 0.29) is 0 Å². The van der Waals surface area contributed by atoms with Crippen molar-refractivity contribution in [1.29, 1.82) is 5.26 Å². The molecule has 1 aromatic carbocycles. The highest BCUT2D eigenvalue weighted by molar-refractivity contribution is 5.83. The number of hydrogen-bond donors (Lipinski definition) is 1. The monoisotopic (exact) mass is 324 g/mol. The van der Waals surface area contributed by atoms with Crippen molar-refractivity contribution < 1.29 is 4.74 Å². The highest BCUT2D eigenvalue weighted by Crippen LogP contribution is 2.38. The summed E-state index contributed by atoms with van der Waals surface area (Å²) in [5, 5.41) is 12.9. The third-order valence-electron chi connectivity index (χ3n) is 4.90. The van der Waals surface area contributed by atoms with Crippen LogP contribution in [0.3, 0.4) is 0 Å². The molecular weight excluding hydrogens is 300 g/mol. The van der Waals surface area contributed by atoms with Gasteiger partial charge >= 0.3 is 0 Å². The fraction of sp³-hybridized carbons (Fsp3) is 0.526. The van der Waals surface area contributed by atoms with Gasteiger partial charge in [-0.25, -0.2) is 0 Å². The van der Waals surface area contributed by atoms with E-state index in [1.165, 1.54) is 12.0 Å². The van der Waals surface area contributed by atoms with E-state index in [2.05, 4.69) is 34.3 Å². The zero-order valence-corrected chi connectivity index (χ0v) is 14.3. The third-order valence-corrected chi connectivity index (χ3v) is 4.90. The van der Waals surface area contributed by atoms with E-state index in [1.807, 2.05) is 6.07 Å². The van der Waals surface area contributed by atoms with Gasteiger partial charge in [0.05, 0.1) is 17.7 Å². The lowest BCUT2D eigenvalue weighted by Crippen LogP contribution is -2.38. The number of nitrogens with zero attached hydrogens (tertiary/aromatic N) is 3. The minimum absolute atomic E-state index is 0.445. The second-order valence-electron chi connectivity index (χ2n) is 6.72. The average molecular weight is 324 g/mol. The number of benzene rings is 1. The standard InChI is InChI=1S/C19H24N4O/c1-13-9-15(11-16(10-13)21-7-8-24-2)17-4-3-14(12-20)18-19(17)23-6-5-22-18/h3-6,13,15-16,21H,7-11H2,1-2H3/t13-,15?,16-/m1/s1. The molecule has 126 valence electrons. The Morgan fingerprint density at radius 1 is 1.21 bits per heavy atom. The lowest BCUT2D eigenvalue weighted by Gasteiger charge is -2.34. The molecule has 1 aliphatic rings. The first kappa shape index (κ1) is 16.8. The number of nitrogens with one attached hydrogen (secondary N) is 1. The number of methoxy groups -OCH3 is 1. The second-order valence-corrected chi connectivity index (χ2v) is 6.72. The summed E-state index contributed by atoms with van der Waals surface area (Å²) in [5.74, 6) is 1.10. The molecule has 0 spiro atoms. The van der Waals surface area contributed by atoms with E-state index in [0.29, 0.717) is 23.4 Å². The van der Waals surface area contributed by atoms with Crippen molar-refractivity contribution in [3.05, 3.63) is 35.7 Å². The predicted octanol–water partition coefficient (Wildman–Crippen LogP) is 3.01. The number of aromatic nitrogens is 2. The second kappa shape index (κ2) is 7.69. The smallest absolute Gasteiger partial charge is 0.107 e. The van der Waals surface area contributed by atoms with Gasteiger partial charge in [-0.15, -0.1) is 0 Å². The Labute approximate surface area is 143 Å². The van der Waals surface area contributed by atoms with Gasteiger partial charge in [-0.05, 0) is 42.7 Å². The van der Waals surface area contributed by atoms with E-state index in [0.717, 1.165) is 37.0 Å². The van der Waals surface area contributed by atoms with E-state index >= 15 is 0 Å². The van der Waals surface area contributed by atoms with Crippen LogP contribution in [-0.2, 0) is 4.74 Å². The Bertz CT molecular complexity index is 740. The Kier molecular flexibility index (Phi) is 5.39. The molecule has 0 radical (unpaired) electrons. The van der Waals surface area contributed by atoms with Gasteiger partial charge in [0, 0.05) is 32.1 Å². The van der Waals surface area contributed by atoms with Crippen molar-refractivity contribution in [1.82, 2.24) is 15.3 Å². The molecule has 1 saturated carbocycles. The van der Waals surface area contributed by atoms with Gasteiger partial charge < -0.3 is 10.1 Å². The van der Waals surface area contributed by atoms with Crippen molar-refractivity contribution in [3.63, 3.8) is 0 Å². The van der Waals surface area contributed by atoms with Gasteiger partial charge in [-0.2, -0.15) is 5.26 Å². The summed E-state index contributed by atoms with van der Waals surface area (Å²) in [5.41, 5.74) is 3.42. The van der Waals surface area contributed by atoms with Crippen LogP contribution in [0.15, 0.2) is 24.5 Å². The summed E-state index contributed by atoms with van der Waals surface area (Å²) >= 11 is 0. The Balaban J connectivity index is 1.88. The molecule has 1 aromatic heterocycles. The molecule has 1 unspecified atom stereocenters. The van der Waals surface area contributed by atoms with Crippen LogP contribution in [0.5, 0.6) is 0 Å². The molecule has 0 bridgehead atoms. The molecule has 3 atom stereocenters. The van der Waals surface area contributed by atoms with Crippen LogP contribution in [0.2, 0.25) is 0 Å². The van der Waals surface area contributed by atoms with Gasteiger partial charge in [-0.3, -0.25) is 9.97 Å². The topological polar surface area (TPSA) is 70.8 Å². The van der Waals surface area contributed by atoms with Crippen LogP contribution in [0.25, 0.3) is 11.0 Å². The van der Waals surface area contributed by atoms with Crippen molar-refractivity contribution >= 4 is 11.0 Å². The van der Waals surface area contributed by atoms with Crippen LogP contribution < -0.4 is 5.32 Å². The molecule has 24 heavy (non-hydrogen) atoms. The van der Waals surface area contributed by atoms with Gasteiger partial charge in [0.25, 0.3) is 0 Å². The van der Waals surface area contributed by atoms with Gasteiger partial charge in [0.1, 0.15) is 11.6 Å². The lowest BCUT2D eigenvalue weighted by molar-refractivity contribution is 0.185. The Morgan fingerprint density at radius 3 is 2.75 bits per heavy atom. The van der Waals surface area contributed by atoms with E-state index in [4.69, 9.17) is 4.74 Å². The molecule has 1 fully saturated rings. The first-order chi connectivity index (χ1) is 11.7. The molecule has 0 aliphatic heterocycles. The maximum atomic E-state index is 9.30. The molecule has 2 aromatic rings. The van der Waals surface area contributed by atoms with E-state index in [1.54, 1.807) is 19.5 Å². The first-order valence-corrected chi connectivity index (χ1v) is 8.59. The SMILES string of the molecule is COCCN[C@H]1CC(c2ccc(C#N)c3nccnc23)C[C@@H](C)C1. The van der Waals surface area contributed by atoms with Gasteiger partial charge in [0.15, 0.2) is 0 Å². The van der Waals surface area contributed by atoms with Crippen LogP contribution in [0.1, 0.15) is 43.2 Å². The third kappa shape index (κ3) is 3.55. The van der Waals surface area contributed by atoms with Crippen molar-refractivity contribution in [3.8, 4) is 6.07 Å². The normalized spacial score (nSPS) is 24.0. The number of nitriles is 1. The summed E-state index contributed by atoms with van der Waals surface area (Å²) in [4.78, 5) is 8.93. The summed E-state index contributed by atoms with van der Waals surface area (Å²) in [7, 11) is 1.73. The van der Waals surface area contributed by atoms with Crippen LogP contribution in [-0.4, -0.2) is 36.3 Å². The van der Waals surface area contributed by atoms with Crippen molar-refractivity contribution in [2.45, 2.75) is 38.1 Å². The van der Waals surface area contributed by atoms with E-state index in [9.17, 15) is 5.26 Å². The lowest BCUT2D eigenvalue weighted by atomic mass is 9.75. The van der Waals surface area contributed by atoms with Gasteiger partial charge in [0.2, 0.25) is 0 Å². The number of hydrogen-bond acceptors (Lipinski definition) is 5. The van der Waals surface area contributed by atoms with Crippen molar-refractivity contribution in [2.24, 2.45) is 5.92 Å². The van der Waals surface area contributed by atoms with Crippen LogP contribution >= 0.6 is 0 Å². The average Bonchev–Trinajstić information content (AvgIpc) is 2.60. The van der Waals surface area contributed by atoms with Gasteiger partial charge in [-0.1, -0.05) is 13.0 Å². The molecule has 1 aliphatic carbocycles. The molecule has 0 saturated heterocycles. The van der Waals surface area contributed by atoms with Crippen LogP contribution in [0.4, 0.5) is 0 Å². The highest BCUT2D eigenvalue weighted by Gasteiger charge is 2.29. The summed E-state index contributed by atoms with van der Waals surface area (Å²) in [6.45, 7) is 3.93. The molecule has 3 rings (SSSR count). The molecule has 5 heteroatoms. The van der Waals surface area contributed by atoms with E-state index < -0.39 is 0 Å². The molecule has 1 heterocycles. The largest absolute Gasteiger partial charge is 0.383 e. The molecule has 0 amide bonds. The summed E-state index contributed by atoms with van der Waals surface area (Å²) < 4.78 is 5.14.